The maximum Gasteiger partial charge on any atom is 0.224 e. The van der Waals surface area contributed by atoms with Crippen molar-refractivity contribution >= 4 is 5.91 Å². The Kier molecular flexibility index (Phi) is 6.09. The number of amides is 1. The molecule has 1 atom stereocenters. The number of nitrogens with two attached hydrogens (primary N) is 1. The molecule has 0 bridgehead atoms. The summed E-state index contributed by atoms with van der Waals surface area (Å²) < 4.78 is 0. The molecule has 1 fully saturated rings. The number of hydrogen-bond donors (Lipinski definition) is 2. The molecule has 1 rings (SSSR count). The van der Waals surface area contributed by atoms with Crippen molar-refractivity contribution in [1.29, 1.82) is 0 Å². The van der Waals surface area contributed by atoms with Gasteiger partial charge in [-0.3, -0.25) is 4.79 Å². The first-order valence-electron chi connectivity index (χ1n) is 7.12. The third-order valence-electron chi connectivity index (χ3n) is 4.00. The van der Waals surface area contributed by atoms with Crippen LogP contribution < -0.4 is 11.1 Å². The molecule has 0 aromatic rings. The predicted molar refractivity (Wildman–Crippen MR) is 75.3 cm³/mol. The zero-order valence-electron chi connectivity index (χ0n) is 12.2. The van der Waals surface area contributed by atoms with Crippen LogP contribution in [0.1, 0.15) is 39.5 Å². The van der Waals surface area contributed by atoms with Crippen LogP contribution in [0.3, 0.4) is 0 Å². The van der Waals surface area contributed by atoms with Gasteiger partial charge in [0.2, 0.25) is 5.91 Å². The van der Waals surface area contributed by atoms with E-state index in [1.165, 1.54) is 6.42 Å². The van der Waals surface area contributed by atoms with Gasteiger partial charge in [-0.25, -0.2) is 0 Å². The topological polar surface area (TPSA) is 58.4 Å². The fourth-order valence-corrected chi connectivity index (χ4v) is 2.56. The molecular formula is C14H29N3O. The molecule has 0 spiro atoms. The number of rotatable bonds is 6. The lowest BCUT2D eigenvalue weighted by Gasteiger charge is -2.32. The number of likely N-dealkylation sites (tertiary alicyclic amines) is 1. The second kappa shape index (κ2) is 7.10. The Morgan fingerprint density at radius 1 is 1.50 bits per heavy atom. The van der Waals surface area contributed by atoms with Gasteiger partial charge in [-0.15, -0.1) is 0 Å². The van der Waals surface area contributed by atoms with Gasteiger partial charge < -0.3 is 16.0 Å². The molecule has 1 saturated heterocycles. The summed E-state index contributed by atoms with van der Waals surface area (Å²) in [6.45, 7) is 8.33. The van der Waals surface area contributed by atoms with E-state index in [0.717, 1.165) is 45.4 Å². The van der Waals surface area contributed by atoms with Crippen molar-refractivity contribution in [2.75, 3.05) is 33.2 Å². The fourth-order valence-electron chi connectivity index (χ4n) is 2.56. The summed E-state index contributed by atoms with van der Waals surface area (Å²) in [6.07, 6.45) is 4.50. The van der Waals surface area contributed by atoms with Crippen LogP contribution >= 0.6 is 0 Å². The van der Waals surface area contributed by atoms with E-state index in [1.807, 2.05) is 0 Å². The number of carbonyl (C=O) groups is 1. The van der Waals surface area contributed by atoms with Gasteiger partial charge in [0, 0.05) is 13.6 Å². The Morgan fingerprint density at radius 3 is 2.83 bits per heavy atom. The summed E-state index contributed by atoms with van der Waals surface area (Å²) in [5.74, 6) is 0.383. The van der Waals surface area contributed by atoms with Gasteiger partial charge in [0.05, 0.1) is 5.92 Å². The molecule has 4 heteroatoms. The van der Waals surface area contributed by atoms with Crippen molar-refractivity contribution in [2.45, 2.75) is 39.5 Å². The average Bonchev–Trinajstić information content (AvgIpc) is 2.38. The quantitative estimate of drug-likeness (QED) is 0.750. The van der Waals surface area contributed by atoms with Crippen molar-refractivity contribution in [3.63, 3.8) is 0 Å². The van der Waals surface area contributed by atoms with Crippen LogP contribution in [0.2, 0.25) is 0 Å². The highest BCUT2D eigenvalue weighted by atomic mass is 16.1. The Morgan fingerprint density at radius 2 is 2.22 bits per heavy atom. The predicted octanol–water partition coefficient (Wildman–Crippen LogP) is 1.21. The SMILES string of the molecule is CNC(=O)C1CCCN(CCCC(C)(C)CN)C1. The average molecular weight is 255 g/mol. The van der Waals surface area contributed by atoms with E-state index < -0.39 is 0 Å². The standard InChI is InChI=1S/C14H29N3O/c1-14(2,11-15)7-5-9-17-8-4-6-12(10-17)13(18)16-3/h12H,4-11,15H2,1-3H3,(H,16,18). The number of piperidine rings is 1. The summed E-state index contributed by atoms with van der Waals surface area (Å²) >= 11 is 0. The highest BCUT2D eigenvalue weighted by Crippen LogP contribution is 2.22. The molecule has 1 unspecified atom stereocenters. The van der Waals surface area contributed by atoms with Crippen molar-refractivity contribution in [3.8, 4) is 0 Å². The first kappa shape index (κ1) is 15.4. The Bertz CT molecular complexity index is 266. The third kappa shape index (κ3) is 4.94. The summed E-state index contributed by atoms with van der Waals surface area (Å²) in [7, 11) is 1.73. The summed E-state index contributed by atoms with van der Waals surface area (Å²) in [6, 6.07) is 0. The molecule has 1 heterocycles. The lowest BCUT2D eigenvalue weighted by atomic mass is 9.88. The van der Waals surface area contributed by atoms with Gasteiger partial charge in [-0.2, -0.15) is 0 Å². The molecule has 1 aliphatic rings. The minimum atomic E-state index is 0.186. The number of hydrogen-bond acceptors (Lipinski definition) is 3. The molecule has 0 saturated carbocycles. The maximum atomic E-state index is 11.6. The minimum absolute atomic E-state index is 0.186. The van der Waals surface area contributed by atoms with E-state index in [-0.39, 0.29) is 17.2 Å². The second-order valence-electron chi connectivity index (χ2n) is 6.23. The first-order chi connectivity index (χ1) is 8.48. The fraction of sp³-hybridized carbons (Fsp3) is 0.929. The van der Waals surface area contributed by atoms with Crippen molar-refractivity contribution in [3.05, 3.63) is 0 Å². The molecule has 18 heavy (non-hydrogen) atoms. The first-order valence-corrected chi connectivity index (χ1v) is 7.12. The van der Waals surface area contributed by atoms with E-state index >= 15 is 0 Å². The molecule has 0 aromatic carbocycles. The van der Waals surface area contributed by atoms with Crippen LogP contribution in [0.15, 0.2) is 0 Å². The highest BCUT2D eigenvalue weighted by molar-refractivity contribution is 5.78. The van der Waals surface area contributed by atoms with Gasteiger partial charge in [0.15, 0.2) is 0 Å². The molecule has 1 aliphatic heterocycles. The molecule has 0 aliphatic carbocycles. The number of nitrogens with one attached hydrogen (secondary N) is 1. The zero-order chi connectivity index (χ0) is 13.6. The molecule has 0 aromatic heterocycles. The van der Waals surface area contributed by atoms with Crippen LogP contribution in [0.4, 0.5) is 0 Å². The van der Waals surface area contributed by atoms with Gasteiger partial charge >= 0.3 is 0 Å². The van der Waals surface area contributed by atoms with E-state index in [1.54, 1.807) is 7.05 Å². The highest BCUT2D eigenvalue weighted by Gasteiger charge is 2.25. The van der Waals surface area contributed by atoms with Crippen molar-refractivity contribution in [2.24, 2.45) is 17.1 Å². The summed E-state index contributed by atoms with van der Waals surface area (Å²) in [5, 5.41) is 2.76. The zero-order valence-corrected chi connectivity index (χ0v) is 12.2. The molecule has 4 nitrogen and oxygen atoms in total. The van der Waals surface area contributed by atoms with Crippen molar-refractivity contribution in [1.82, 2.24) is 10.2 Å². The second-order valence-corrected chi connectivity index (χ2v) is 6.23. The molecule has 0 radical (unpaired) electrons. The summed E-state index contributed by atoms with van der Waals surface area (Å²) in [4.78, 5) is 14.1. The molecule has 106 valence electrons. The van der Waals surface area contributed by atoms with Crippen LogP contribution in [0.25, 0.3) is 0 Å². The van der Waals surface area contributed by atoms with Crippen LogP contribution in [-0.4, -0.2) is 44.0 Å². The maximum absolute atomic E-state index is 11.6. The molecule has 1 amide bonds. The Labute approximate surface area is 111 Å². The van der Waals surface area contributed by atoms with E-state index in [2.05, 4.69) is 24.1 Å². The van der Waals surface area contributed by atoms with Crippen LogP contribution in [-0.2, 0) is 4.79 Å². The molecular weight excluding hydrogens is 226 g/mol. The van der Waals surface area contributed by atoms with Crippen LogP contribution in [0.5, 0.6) is 0 Å². The lowest BCUT2D eigenvalue weighted by Crippen LogP contribution is -2.42. The van der Waals surface area contributed by atoms with E-state index in [9.17, 15) is 4.79 Å². The van der Waals surface area contributed by atoms with Gasteiger partial charge in [0.1, 0.15) is 0 Å². The lowest BCUT2D eigenvalue weighted by molar-refractivity contribution is -0.126. The van der Waals surface area contributed by atoms with Gasteiger partial charge in [-0.1, -0.05) is 13.8 Å². The van der Waals surface area contributed by atoms with Gasteiger partial charge in [-0.05, 0) is 50.7 Å². The molecule has 3 N–H and O–H groups in total. The summed E-state index contributed by atoms with van der Waals surface area (Å²) in [5.41, 5.74) is 5.98. The van der Waals surface area contributed by atoms with Crippen molar-refractivity contribution < 1.29 is 4.79 Å². The van der Waals surface area contributed by atoms with E-state index in [0.29, 0.717) is 0 Å². The smallest absolute Gasteiger partial charge is 0.224 e. The Hall–Kier alpha value is -0.610. The normalized spacial score (nSPS) is 21.9. The van der Waals surface area contributed by atoms with E-state index in [4.69, 9.17) is 5.73 Å². The third-order valence-corrected chi connectivity index (χ3v) is 4.00. The number of carbonyl (C=O) groups excluding carboxylic acids is 1. The Balaban J connectivity index is 2.28. The van der Waals surface area contributed by atoms with Gasteiger partial charge in [0.25, 0.3) is 0 Å². The largest absolute Gasteiger partial charge is 0.359 e. The minimum Gasteiger partial charge on any atom is -0.359 e. The number of nitrogens with zero attached hydrogens (tertiary/aromatic N) is 1. The van der Waals surface area contributed by atoms with Crippen LogP contribution in [0, 0.1) is 11.3 Å². The monoisotopic (exact) mass is 255 g/mol.